The molecule has 6 nitrogen and oxygen atoms in total. The van der Waals surface area contributed by atoms with Crippen LogP contribution in [0.1, 0.15) is 45.6 Å². The van der Waals surface area contributed by atoms with Crippen molar-refractivity contribution in [2.45, 2.75) is 64.8 Å². The lowest BCUT2D eigenvalue weighted by molar-refractivity contribution is -0.165. The highest BCUT2D eigenvalue weighted by molar-refractivity contribution is 5.88. The van der Waals surface area contributed by atoms with Gasteiger partial charge < -0.3 is 14.4 Å². The number of hydrogen-bond acceptors (Lipinski definition) is 5. The number of carbonyl (C=O) groups excluding carboxylic acids is 3. The lowest BCUT2D eigenvalue weighted by atomic mass is 10.1. The van der Waals surface area contributed by atoms with Crippen LogP contribution in [0.5, 0.6) is 0 Å². The first-order valence-corrected chi connectivity index (χ1v) is 9.11. The van der Waals surface area contributed by atoms with Gasteiger partial charge in [0.2, 0.25) is 6.10 Å². The van der Waals surface area contributed by atoms with Crippen LogP contribution in [0.4, 0.5) is 0 Å². The summed E-state index contributed by atoms with van der Waals surface area (Å²) in [6.45, 7) is 4.85. The zero-order chi connectivity index (χ0) is 19.8. The Bertz CT molecular complexity index is 734. The molecule has 1 aliphatic rings. The van der Waals surface area contributed by atoms with E-state index in [-0.39, 0.29) is 0 Å². The molecular weight excluding hydrogens is 346 g/mol. The maximum atomic E-state index is 12.9. The van der Waals surface area contributed by atoms with Gasteiger partial charge in [0.05, 0.1) is 0 Å². The van der Waals surface area contributed by atoms with Gasteiger partial charge in [0, 0.05) is 26.8 Å². The fourth-order valence-corrected chi connectivity index (χ4v) is 2.96. The molecule has 1 amide bonds. The molecule has 1 unspecified atom stereocenters. The van der Waals surface area contributed by atoms with Gasteiger partial charge in [-0.15, -0.1) is 5.92 Å². The van der Waals surface area contributed by atoms with E-state index in [0.29, 0.717) is 13.0 Å². The monoisotopic (exact) mass is 371 g/mol. The van der Waals surface area contributed by atoms with Gasteiger partial charge in [0.25, 0.3) is 5.91 Å². The van der Waals surface area contributed by atoms with Gasteiger partial charge in [0.15, 0.2) is 6.10 Å². The van der Waals surface area contributed by atoms with Crippen LogP contribution in [0, 0.1) is 11.8 Å². The molecule has 27 heavy (non-hydrogen) atoms. The minimum atomic E-state index is -1.18. The number of benzene rings is 1. The van der Waals surface area contributed by atoms with Crippen LogP contribution in [-0.4, -0.2) is 41.0 Å². The van der Waals surface area contributed by atoms with Crippen LogP contribution in [0.25, 0.3) is 0 Å². The van der Waals surface area contributed by atoms with Gasteiger partial charge in [-0.25, -0.2) is 0 Å². The molecule has 1 aromatic rings. The molecule has 0 radical (unpaired) electrons. The molecule has 3 atom stereocenters. The van der Waals surface area contributed by atoms with Crippen LogP contribution in [-0.2, 0) is 30.4 Å². The molecule has 6 heteroatoms. The van der Waals surface area contributed by atoms with E-state index >= 15 is 0 Å². The van der Waals surface area contributed by atoms with Crippen molar-refractivity contribution in [2.75, 3.05) is 0 Å². The van der Waals surface area contributed by atoms with E-state index in [4.69, 9.17) is 9.47 Å². The quantitative estimate of drug-likeness (QED) is 0.436. The third-order valence-corrected chi connectivity index (χ3v) is 4.17. The number of rotatable bonds is 6. The molecule has 144 valence electrons. The van der Waals surface area contributed by atoms with Gasteiger partial charge in [-0.3, -0.25) is 14.4 Å². The second-order valence-electron chi connectivity index (χ2n) is 6.43. The minimum absolute atomic E-state index is 0.294. The van der Waals surface area contributed by atoms with Gasteiger partial charge in [0.1, 0.15) is 6.04 Å². The lowest BCUT2D eigenvalue weighted by Gasteiger charge is -2.23. The second-order valence-corrected chi connectivity index (χ2v) is 6.43. The van der Waals surface area contributed by atoms with Crippen molar-refractivity contribution in [3.05, 3.63) is 35.9 Å². The smallest absolute Gasteiger partial charge is 0.303 e. The molecular formula is C21H25NO5. The first kappa shape index (κ1) is 20.5. The molecule has 2 rings (SSSR count). The molecule has 0 spiro atoms. The summed E-state index contributed by atoms with van der Waals surface area (Å²) in [4.78, 5) is 37.5. The third-order valence-electron chi connectivity index (χ3n) is 4.17. The highest BCUT2D eigenvalue weighted by Crippen LogP contribution is 2.27. The van der Waals surface area contributed by atoms with Crippen LogP contribution in [0.2, 0.25) is 0 Å². The summed E-state index contributed by atoms with van der Waals surface area (Å²) in [6, 6.07) is 8.78. The molecule has 0 saturated carbocycles. The standard InChI is InChI=1S/C21H25NO5/c1-4-5-6-10-13-18-19(26-15(2)23)20(27-16(3)24)21(25)22(18)14-17-11-8-7-9-12-17/h7-9,11-12,18-20H,4-6,14H2,1-3H3/t18?,19-,20+/m0/s1. The zero-order valence-electron chi connectivity index (χ0n) is 15.9. The first-order valence-electron chi connectivity index (χ1n) is 9.11. The normalized spacial score (nSPS) is 21.4. The van der Waals surface area contributed by atoms with Crippen LogP contribution >= 0.6 is 0 Å². The van der Waals surface area contributed by atoms with Crippen molar-refractivity contribution in [1.29, 1.82) is 0 Å². The average molecular weight is 371 g/mol. The van der Waals surface area contributed by atoms with E-state index in [0.717, 1.165) is 18.4 Å². The van der Waals surface area contributed by atoms with Crippen LogP contribution < -0.4 is 0 Å². The second kappa shape index (κ2) is 9.77. The summed E-state index contributed by atoms with van der Waals surface area (Å²) in [5, 5.41) is 0. The summed E-state index contributed by atoms with van der Waals surface area (Å²) in [5.74, 6) is 4.57. The predicted molar refractivity (Wildman–Crippen MR) is 99.2 cm³/mol. The van der Waals surface area contributed by atoms with Gasteiger partial charge in [-0.05, 0) is 12.0 Å². The number of nitrogens with zero attached hydrogens (tertiary/aromatic N) is 1. The first-order chi connectivity index (χ1) is 12.9. The molecule has 0 aliphatic carbocycles. The fourth-order valence-electron chi connectivity index (χ4n) is 2.96. The van der Waals surface area contributed by atoms with Crippen molar-refractivity contribution in [1.82, 2.24) is 4.90 Å². The topological polar surface area (TPSA) is 72.9 Å². The Hall–Kier alpha value is -2.81. The number of ether oxygens (including phenoxy) is 2. The number of carbonyl (C=O) groups is 3. The van der Waals surface area contributed by atoms with Crippen molar-refractivity contribution < 1.29 is 23.9 Å². The lowest BCUT2D eigenvalue weighted by Crippen LogP contribution is -2.38. The number of esters is 2. The summed E-state index contributed by atoms with van der Waals surface area (Å²) in [6.07, 6.45) is 0.510. The Balaban J connectivity index is 2.35. The molecule has 1 heterocycles. The van der Waals surface area contributed by atoms with Crippen LogP contribution in [0.3, 0.4) is 0 Å². The van der Waals surface area contributed by atoms with E-state index in [2.05, 4.69) is 18.8 Å². The maximum absolute atomic E-state index is 12.9. The Labute approximate surface area is 159 Å². The average Bonchev–Trinajstić information content (AvgIpc) is 2.84. The molecule has 0 bridgehead atoms. The van der Waals surface area contributed by atoms with Crippen molar-refractivity contribution in [3.8, 4) is 11.8 Å². The molecule has 1 aliphatic heterocycles. The van der Waals surface area contributed by atoms with Gasteiger partial charge in [-0.2, -0.15) is 0 Å². The van der Waals surface area contributed by atoms with Gasteiger partial charge >= 0.3 is 11.9 Å². The molecule has 1 fully saturated rings. The number of hydrogen-bond donors (Lipinski definition) is 0. The molecule has 0 aromatic heterocycles. The van der Waals surface area contributed by atoms with Crippen LogP contribution in [0.15, 0.2) is 30.3 Å². The largest absolute Gasteiger partial charge is 0.455 e. The van der Waals surface area contributed by atoms with E-state index in [9.17, 15) is 14.4 Å². The number of unbranched alkanes of at least 4 members (excludes halogenated alkanes) is 2. The van der Waals surface area contributed by atoms with E-state index < -0.39 is 36.1 Å². The molecule has 1 aromatic carbocycles. The maximum Gasteiger partial charge on any atom is 0.303 e. The van der Waals surface area contributed by atoms with Crippen molar-refractivity contribution >= 4 is 17.8 Å². The summed E-state index contributed by atoms with van der Waals surface area (Å²) >= 11 is 0. The summed E-state index contributed by atoms with van der Waals surface area (Å²) in [5.41, 5.74) is 0.913. The highest BCUT2D eigenvalue weighted by Gasteiger charge is 2.51. The fraction of sp³-hybridized carbons (Fsp3) is 0.476. The Kier molecular flexibility index (Phi) is 7.42. The van der Waals surface area contributed by atoms with E-state index in [1.54, 1.807) is 0 Å². The SMILES string of the molecule is CCCCC#CC1[C@H](OC(C)=O)[C@@H](OC(C)=O)C(=O)N1Cc1ccccc1. The summed E-state index contributed by atoms with van der Waals surface area (Å²) < 4.78 is 10.5. The van der Waals surface area contributed by atoms with E-state index in [1.165, 1.54) is 18.7 Å². The highest BCUT2D eigenvalue weighted by atomic mass is 16.6. The minimum Gasteiger partial charge on any atom is -0.455 e. The molecule has 1 saturated heterocycles. The number of amides is 1. The van der Waals surface area contributed by atoms with E-state index in [1.807, 2.05) is 30.3 Å². The summed E-state index contributed by atoms with van der Waals surface area (Å²) in [7, 11) is 0. The van der Waals surface area contributed by atoms with Crippen molar-refractivity contribution in [3.63, 3.8) is 0 Å². The van der Waals surface area contributed by atoms with Crippen molar-refractivity contribution in [2.24, 2.45) is 0 Å². The number of likely N-dealkylation sites (tertiary alicyclic amines) is 1. The molecule has 0 N–H and O–H groups in total. The Morgan fingerprint density at radius 2 is 1.78 bits per heavy atom. The Morgan fingerprint density at radius 3 is 2.37 bits per heavy atom. The third kappa shape index (κ3) is 5.58. The zero-order valence-corrected chi connectivity index (χ0v) is 15.9. The van der Waals surface area contributed by atoms with Gasteiger partial charge in [-0.1, -0.05) is 49.6 Å². The Morgan fingerprint density at radius 1 is 1.11 bits per heavy atom. The predicted octanol–water partition coefficient (Wildman–Crippen LogP) is 2.45.